The van der Waals surface area contributed by atoms with Crippen LogP contribution in [0.4, 0.5) is 0 Å². The van der Waals surface area contributed by atoms with Crippen LogP contribution < -0.4 is 10.1 Å². The molecule has 0 aliphatic heterocycles. The van der Waals surface area contributed by atoms with Crippen LogP contribution in [0.2, 0.25) is 0 Å². The van der Waals surface area contributed by atoms with Gasteiger partial charge in [0, 0.05) is 6.54 Å². The molecule has 96 valence electrons. The molecule has 0 amide bonds. The molecule has 0 unspecified atom stereocenters. The first-order chi connectivity index (χ1) is 8.88. The number of para-hydroxylation sites is 1. The van der Waals surface area contributed by atoms with E-state index in [9.17, 15) is 0 Å². The Morgan fingerprint density at radius 1 is 1.06 bits per heavy atom. The fourth-order valence-corrected chi connectivity index (χ4v) is 1.57. The van der Waals surface area contributed by atoms with Crippen molar-refractivity contribution in [2.24, 2.45) is 0 Å². The minimum Gasteiger partial charge on any atom is -0.492 e. The van der Waals surface area contributed by atoms with Crippen LogP contribution in [-0.2, 0) is 13.2 Å². The van der Waals surface area contributed by atoms with E-state index >= 15 is 0 Å². The molecule has 2 N–H and O–H groups in total. The summed E-state index contributed by atoms with van der Waals surface area (Å²) in [6.07, 6.45) is 0. The second kappa shape index (κ2) is 6.83. The van der Waals surface area contributed by atoms with Crippen LogP contribution in [0, 0.1) is 0 Å². The van der Waals surface area contributed by atoms with Gasteiger partial charge in [0.15, 0.2) is 0 Å². The average molecular weight is 247 g/mol. The molecule has 1 aromatic carbocycles. The van der Waals surface area contributed by atoms with Crippen LogP contribution in [-0.4, -0.2) is 18.3 Å². The average Bonchev–Trinajstić information content (AvgIpc) is 2.87. The van der Waals surface area contributed by atoms with E-state index in [0.29, 0.717) is 18.9 Å². The summed E-state index contributed by atoms with van der Waals surface area (Å²) >= 11 is 0. The van der Waals surface area contributed by atoms with Crippen LogP contribution in [0.1, 0.15) is 11.5 Å². The Balaban J connectivity index is 1.61. The quantitative estimate of drug-likeness (QED) is 0.734. The first-order valence-electron chi connectivity index (χ1n) is 5.95. The lowest BCUT2D eigenvalue weighted by Crippen LogP contribution is -2.20. The molecule has 18 heavy (non-hydrogen) atoms. The van der Waals surface area contributed by atoms with Crippen molar-refractivity contribution in [1.82, 2.24) is 5.32 Å². The lowest BCUT2D eigenvalue weighted by Gasteiger charge is -2.06. The molecular formula is C14H17NO3. The van der Waals surface area contributed by atoms with Crippen molar-refractivity contribution in [3.05, 3.63) is 54.0 Å². The zero-order valence-electron chi connectivity index (χ0n) is 10.1. The van der Waals surface area contributed by atoms with Crippen molar-refractivity contribution in [3.63, 3.8) is 0 Å². The van der Waals surface area contributed by atoms with E-state index in [2.05, 4.69) is 5.32 Å². The van der Waals surface area contributed by atoms with Crippen molar-refractivity contribution in [3.8, 4) is 5.75 Å². The number of aliphatic hydroxyl groups excluding tert-OH is 1. The van der Waals surface area contributed by atoms with E-state index in [1.54, 1.807) is 6.07 Å². The number of hydrogen-bond acceptors (Lipinski definition) is 4. The summed E-state index contributed by atoms with van der Waals surface area (Å²) in [6, 6.07) is 13.3. The molecule has 0 bridgehead atoms. The van der Waals surface area contributed by atoms with E-state index in [4.69, 9.17) is 14.3 Å². The highest BCUT2D eigenvalue weighted by Gasteiger charge is 2.00. The molecule has 2 aromatic rings. The fourth-order valence-electron chi connectivity index (χ4n) is 1.57. The van der Waals surface area contributed by atoms with E-state index in [1.165, 1.54) is 0 Å². The molecule has 0 saturated carbocycles. The van der Waals surface area contributed by atoms with Gasteiger partial charge in [-0.3, -0.25) is 0 Å². The standard InChI is InChI=1S/C14H17NO3/c16-11-14-7-6-13(18-14)10-15-8-9-17-12-4-2-1-3-5-12/h1-7,15-16H,8-11H2. The number of ether oxygens (including phenoxy) is 1. The highest BCUT2D eigenvalue weighted by atomic mass is 16.5. The molecule has 4 heteroatoms. The Morgan fingerprint density at radius 2 is 1.83 bits per heavy atom. The van der Waals surface area contributed by atoms with Crippen LogP contribution in [0.3, 0.4) is 0 Å². The second-order valence-corrected chi connectivity index (χ2v) is 3.86. The molecule has 1 aromatic heterocycles. The third kappa shape index (κ3) is 3.91. The van der Waals surface area contributed by atoms with E-state index < -0.39 is 0 Å². The van der Waals surface area contributed by atoms with Crippen LogP contribution in [0.5, 0.6) is 5.75 Å². The van der Waals surface area contributed by atoms with Crippen molar-refractivity contribution in [2.75, 3.05) is 13.2 Å². The Morgan fingerprint density at radius 3 is 2.56 bits per heavy atom. The van der Waals surface area contributed by atoms with E-state index in [0.717, 1.165) is 18.1 Å². The van der Waals surface area contributed by atoms with Gasteiger partial charge in [0.05, 0.1) is 6.54 Å². The van der Waals surface area contributed by atoms with Gasteiger partial charge in [-0.25, -0.2) is 0 Å². The molecule has 0 saturated heterocycles. The van der Waals surface area contributed by atoms with E-state index in [1.807, 2.05) is 36.4 Å². The molecule has 0 atom stereocenters. The number of hydrogen-bond donors (Lipinski definition) is 2. The summed E-state index contributed by atoms with van der Waals surface area (Å²) < 4.78 is 10.9. The molecule has 0 radical (unpaired) electrons. The molecular weight excluding hydrogens is 230 g/mol. The number of benzene rings is 1. The van der Waals surface area contributed by atoms with Crippen molar-refractivity contribution < 1.29 is 14.3 Å². The monoisotopic (exact) mass is 247 g/mol. The Hall–Kier alpha value is -1.78. The lowest BCUT2D eigenvalue weighted by molar-refractivity contribution is 0.242. The van der Waals surface area contributed by atoms with Gasteiger partial charge in [-0.05, 0) is 24.3 Å². The van der Waals surface area contributed by atoms with Crippen LogP contribution >= 0.6 is 0 Å². The highest BCUT2D eigenvalue weighted by molar-refractivity contribution is 5.20. The maximum atomic E-state index is 8.85. The van der Waals surface area contributed by atoms with Crippen molar-refractivity contribution in [1.29, 1.82) is 0 Å². The summed E-state index contributed by atoms with van der Waals surface area (Å²) in [7, 11) is 0. The molecule has 1 heterocycles. The predicted octanol–water partition coefficient (Wildman–Crippen LogP) is 1.94. The minimum absolute atomic E-state index is 0.0584. The minimum atomic E-state index is -0.0584. The van der Waals surface area contributed by atoms with Crippen molar-refractivity contribution >= 4 is 0 Å². The SMILES string of the molecule is OCc1ccc(CNCCOc2ccccc2)o1. The van der Waals surface area contributed by atoms with Crippen LogP contribution in [0.15, 0.2) is 46.9 Å². The summed E-state index contributed by atoms with van der Waals surface area (Å²) in [5, 5.41) is 12.1. The Kier molecular flexibility index (Phi) is 4.81. The summed E-state index contributed by atoms with van der Waals surface area (Å²) in [4.78, 5) is 0. The molecule has 0 spiro atoms. The van der Waals surface area contributed by atoms with Gasteiger partial charge in [-0.2, -0.15) is 0 Å². The molecule has 2 rings (SSSR count). The molecule has 0 aliphatic rings. The van der Waals surface area contributed by atoms with Gasteiger partial charge >= 0.3 is 0 Å². The number of aliphatic hydroxyl groups is 1. The number of rotatable bonds is 7. The van der Waals surface area contributed by atoms with Gasteiger partial charge < -0.3 is 19.6 Å². The maximum Gasteiger partial charge on any atom is 0.129 e. The summed E-state index contributed by atoms with van der Waals surface area (Å²) in [5.41, 5.74) is 0. The fraction of sp³-hybridized carbons (Fsp3) is 0.286. The van der Waals surface area contributed by atoms with E-state index in [-0.39, 0.29) is 6.61 Å². The van der Waals surface area contributed by atoms with Crippen molar-refractivity contribution in [2.45, 2.75) is 13.2 Å². The zero-order chi connectivity index (χ0) is 12.6. The third-order valence-electron chi connectivity index (χ3n) is 2.46. The summed E-state index contributed by atoms with van der Waals surface area (Å²) in [6.45, 7) is 1.93. The first-order valence-corrected chi connectivity index (χ1v) is 5.95. The third-order valence-corrected chi connectivity index (χ3v) is 2.46. The molecule has 0 fully saturated rings. The number of nitrogens with one attached hydrogen (secondary N) is 1. The smallest absolute Gasteiger partial charge is 0.129 e. The van der Waals surface area contributed by atoms with Gasteiger partial charge in [0.1, 0.15) is 30.5 Å². The maximum absolute atomic E-state index is 8.85. The molecule has 0 aliphatic carbocycles. The predicted molar refractivity (Wildman–Crippen MR) is 68.3 cm³/mol. The summed E-state index contributed by atoms with van der Waals surface area (Å²) in [5.74, 6) is 2.28. The largest absolute Gasteiger partial charge is 0.492 e. The zero-order valence-corrected chi connectivity index (χ0v) is 10.1. The first kappa shape index (κ1) is 12.7. The Bertz CT molecular complexity index is 453. The number of furan rings is 1. The lowest BCUT2D eigenvalue weighted by atomic mass is 10.3. The second-order valence-electron chi connectivity index (χ2n) is 3.86. The van der Waals surface area contributed by atoms with Crippen LogP contribution in [0.25, 0.3) is 0 Å². The van der Waals surface area contributed by atoms with Gasteiger partial charge in [0.2, 0.25) is 0 Å². The van der Waals surface area contributed by atoms with Gasteiger partial charge in [0.25, 0.3) is 0 Å². The normalized spacial score (nSPS) is 10.5. The molecule has 4 nitrogen and oxygen atoms in total. The van der Waals surface area contributed by atoms with Gasteiger partial charge in [-0.1, -0.05) is 18.2 Å². The van der Waals surface area contributed by atoms with Gasteiger partial charge in [-0.15, -0.1) is 0 Å². The highest BCUT2D eigenvalue weighted by Crippen LogP contribution is 2.08. The topological polar surface area (TPSA) is 54.6 Å². The Labute approximate surface area is 106 Å².